The maximum Gasteiger partial charge on any atom is 0.146 e. The van der Waals surface area contributed by atoms with Gasteiger partial charge in [-0.1, -0.05) is 6.07 Å². The third-order valence-corrected chi connectivity index (χ3v) is 3.85. The summed E-state index contributed by atoms with van der Waals surface area (Å²) < 4.78 is 14.0. The van der Waals surface area contributed by atoms with Crippen molar-refractivity contribution in [3.63, 3.8) is 0 Å². The zero-order valence-electron chi connectivity index (χ0n) is 10.2. The minimum Gasteiger partial charge on any atom is -0.360 e. The predicted molar refractivity (Wildman–Crippen MR) is 70.7 cm³/mol. The van der Waals surface area contributed by atoms with Gasteiger partial charge in [0.1, 0.15) is 5.82 Å². The first-order chi connectivity index (χ1) is 7.68. The molecule has 4 heteroatoms. The summed E-state index contributed by atoms with van der Waals surface area (Å²) in [4.78, 5) is 2.27. The van der Waals surface area contributed by atoms with Gasteiger partial charge in [0.25, 0.3) is 0 Å². The van der Waals surface area contributed by atoms with Gasteiger partial charge in [-0.05, 0) is 37.5 Å². The van der Waals surface area contributed by atoms with Crippen LogP contribution >= 0.6 is 12.4 Å². The average Bonchev–Trinajstić information content (AvgIpc) is 2.65. The van der Waals surface area contributed by atoms with Gasteiger partial charge in [-0.2, -0.15) is 0 Å². The number of halogens is 2. The van der Waals surface area contributed by atoms with Crippen LogP contribution in [-0.4, -0.2) is 25.2 Å². The summed E-state index contributed by atoms with van der Waals surface area (Å²) in [6.45, 7) is 6.16. The minimum absolute atomic E-state index is 0. The van der Waals surface area contributed by atoms with E-state index < -0.39 is 0 Å². The van der Waals surface area contributed by atoms with Crippen LogP contribution in [0.2, 0.25) is 0 Å². The summed E-state index contributed by atoms with van der Waals surface area (Å²) in [7, 11) is 0. The van der Waals surface area contributed by atoms with Gasteiger partial charge in [0.15, 0.2) is 0 Å². The first-order valence-corrected chi connectivity index (χ1v) is 5.95. The third-order valence-electron chi connectivity index (χ3n) is 3.85. The molecule has 17 heavy (non-hydrogen) atoms. The lowest BCUT2D eigenvalue weighted by Gasteiger charge is -2.38. The quantitative estimate of drug-likeness (QED) is 0.766. The Bertz CT molecular complexity index is 436. The Morgan fingerprint density at radius 3 is 2.88 bits per heavy atom. The normalized spacial score (nSPS) is 26.2. The summed E-state index contributed by atoms with van der Waals surface area (Å²) in [5.41, 5.74) is 3.29. The second kappa shape index (κ2) is 4.46. The number of anilines is 1. The Labute approximate surface area is 108 Å². The van der Waals surface area contributed by atoms with Crippen LogP contribution in [0.5, 0.6) is 0 Å². The highest BCUT2D eigenvalue weighted by Gasteiger charge is 2.37. The number of hydrogen-bond acceptors (Lipinski definition) is 2. The summed E-state index contributed by atoms with van der Waals surface area (Å²) in [6.07, 6.45) is 0.982. The molecule has 2 heterocycles. The van der Waals surface area contributed by atoms with Gasteiger partial charge >= 0.3 is 0 Å². The van der Waals surface area contributed by atoms with Crippen molar-refractivity contribution in [2.45, 2.75) is 32.4 Å². The van der Waals surface area contributed by atoms with Crippen LogP contribution in [0.25, 0.3) is 0 Å². The minimum atomic E-state index is -0.0585. The second-order valence-corrected chi connectivity index (χ2v) is 4.96. The van der Waals surface area contributed by atoms with Gasteiger partial charge < -0.3 is 10.2 Å². The Kier molecular flexibility index (Phi) is 3.32. The summed E-state index contributed by atoms with van der Waals surface area (Å²) in [5.74, 6) is -0.0585. The van der Waals surface area contributed by atoms with E-state index in [0.29, 0.717) is 12.1 Å². The van der Waals surface area contributed by atoms with Crippen LogP contribution in [-0.2, 0) is 6.42 Å². The molecule has 0 aliphatic carbocycles. The van der Waals surface area contributed by atoms with Crippen LogP contribution in [0, 0.1) is 12.7 Å². The summed E-state index contributed by atoms with van der Waals surface area (Å²) in [6, 6.07) is 4.32. The zero-order valence-corrected chi connectivity index (χ0v) is 11.0. The van der Waals surface area contributed by atoms with E-state index >= 15 is 0 Å². The van der Waals surface area contributed by atoms with Crippen LogP contribution in [0.1, 0.15) is 18.1 Å². The van der Waals surface area contributed by atoms with Crippen molar-refractivity contribution < 1.29 is 4.39 Å². The Hall–Kier alpha value is -0.800. The van der Waals surface area contributed by atoms with Gasteiger partial charge in [-0.3, -0.25) is 0 Å². The van der Waals surface area contributed by atoms with Crippen molar-refractivity contribution in [2.24, 2.45) is 0 Å². The third kappa shape index (κ3) is 1.81. The van der Waals surface area contributed by atoms with Gasteiger partial charge in [0, 0.05) is 25.2 Å². The van der Waals surface area contributed by atoms with E-state index in [1.165, 1.54) is 11.1 Å². The number of aryl methyl sites for hydroxylation is 1. The molecule has 1 aromatic rings. The number of hydrogen-bond donors (Lipinski definition) is 1. The topological polar surface area (TPSA) is 15.3 Å². The fourth-order valence-corrected chi connectivity index (χ4v) is 3.07. The zero-order chi connectivity index (χ0) is 11.3. The SMILES string of the molecule is Cc1ccc(F)c2c1C[C@@H]1CNC[C@@H](C)N21.Cl. The average molecular weight is 257 g/mol. The molecule has 1 aromatic carbocycles. The van der Waals surface area contributed by atoms with E-state index in [4.69, 9.17) is 0 Å². The number of rotatable bonds is 0. The number of fused-ring (bicyclic) bond motifs is 3. The molecule has 0 spiro atoms. The van der Waals surface area contributed by atoms with E-state index in [1.807, 2.05) is 6.07 Å². The number of piperazine rings is 1. The molecule has 1 saturated heterocycles. The van der Waals surface area contributed by atoms with Crippen LogP contribution in [0.4, 0.5) is 10.1 Å². The van der Waals surface area contributed by atoms with Crippen LogP contribution in [0.3, 0.4) is 0 Å². The molecule has 1 N–H and O–H groups in total. The number of benzene rings is 1. The molecule has 0 unspecified atom stereocenters. The van der Waals surface area contributed by atoms with E-state index in [1.54, 1.807) is 6.07 Å². The highest BCUT2D eigenvalue weighted by molar-refractivity contribution is 5.85. The Morgan fingerprint density at radius 1 is 1.35 bits per heavy atom. The van der Waals surface area contributed by atoms with Gasteiger partial charge in [0.05, 0.1) is 5.69 Å². The predicted octanol–water partition coefficient (Wildman–Crippen LogP) is 2.28. The number of nitrogens with zero attached hydrogens (tertiary/aromatic N) is 1. The summed E-state index contributed by atoms with van der Waals surface area (Å²) in [5, 5.41) is 3.42. The molecule has 3 rings (SSSR count). The largest absolute Gasteiger partial charge is 0.360 e. The molecular formula is C13H18ClFN2. The second-order valence-electron chi connectivity index (χ2n) is 4.96. The molecular weight excluding hydrogens is 239 g/mol. The Balaban J connectivity index is 0.00000108. The molecule has 1 fully saturated rings. The van der Waals surface area contributed by atoms with Crippen LogP contribution < -0.4 is 10.2 Å². The molecule has 94 valence electrons. The molecule has 2 nitrogen and oxygen atoms in total. The molecule has 0 radical (unpaired) electrons. The first-order valence-electron chi connectivity index (χ1n) is 5.95. The molecule has 2 atom stereocenters. The van der Waals surface area contributed by atoms with Crippen LogP contribution in [0.15, 0.2) is 12.1 Å². The van der Waals surface area contributed by atoms with Crippen molar-refractivity contribution >= 4 is 18.1 Å². The Morgan fingerprint density at radius 2 is 2.12 bits per heavy atom. The van der Waals surface area contributed by atoms with E-state index in [-0.39, 0.29) is 18.2 Å². The highest BCUT2D eigenvalue weighted by Crippen LogP contribution is 2.38. The first kappa shape index (κ1) is 12.7. The lowest BCUT2D eigenvalue weighted by atomic mass is 10.0. The maximum atomic E-state index is 14.0. The van der Waals surface area contributed by atoms with Crippen molar-refractivity contribution in [1.29, 1.82) is 0 Å². The molecule has 0 amide bonds. The molecule has 0 bridgehead atoms. The van der Waals surface area contributed by atoms with Crippen molar-refractivity contribution in [3.05, 3.63) is 29.1 Å². The van der Waals surface area contributed by atoms with Crippen molar-refractivity contribution in [2.75, 3.05) is 18.0 Å². The molecule has 0 aromatic heterocycles. The smallest absolute Gasteiger partial charge is 0.146 e. The molecule has 0 saturated carbocycles. The lowest BCUT2D eigenvalue weighted by Crippen LogP contribution is -2.55. The van der Waals surface area contributed by atoms with Crippen molar-refractivity contribution in [1.82, 2.24) is 5.32 Å². The molecule has 2 aliphatic heterocycles. The van der Waals surface area contributed by atoms with Crippen molar-refractivity contribution in [3.8, 4) is 0 Å². The van der Waals surface area contributed by atoms with Gasteiger partial charge in [-0.25, -0.2) is 4.39 Å². The standard InChI is InChI=1S/C13H17FN2.ClH/c1-8-3-4-12(14)13-11(8)5-10-7-15-6-9(2)16(10)13;/h3-4,9-10,15H,5-7H2,1-2H3;1H/t9-,10-;/m1./s1. The van der Waals surface area contributed by atoms with E-state index in [9.17, 15) is 4.39 Å². The van der Waals surface area contributed by atoms with E-state index in [2.05, 4.69) is 24.1 Å². The van der Waals surface area contributed by atoms with E-state index in [0.717, 1.165) is 25.2 Å². The fraction of sp³-hybridized carbons (Fsp3) is 0.538. The highest BCUT2D eigenvalue weighted by atomic mass is 35.5. The lowest BCUT2D eigenvalue weighted by molar-refractivity contribution is 0.425. The maximum absolute atomic E-state index is 14.0. The molecule has 2 aliphatic rings. The fourth-order valence-electron chi connectivity index (χ4n) is 3.07. The van der Waals surface area contributed by atoms with Gasteiger partial charge in [0.2, 0.25) is 0 Å². The summed E-state index contributed by atoms with van der Waals surface area (Å²) >= 11 is 0. The number of nitrogens with one attached hydrogen (secondary N) is 1. The van der Waals surface area contributed by atoms with Gasteiger partial charge in [-0.15, -0.1) is 12.4 Å². The monoisotopic (exact) mass is 256 g/mol.